The fourth-order valence-corrected chi connectivity index (χ4v) is 6.22. The minimum atomic E-state index is -1.51. The molecule has 2 saturated heterocycles. The molecule has 0 saturated carbocycles. The van der Waals surface area contributed by atoms with Crippen molar-refractivity contribution in [3.05, 3.63) is 89.0 Å². The van der Waals surface area contributed by atoms with Gasteiger partial charge in [0.2, 0.25) is 0 Å². The minimum Gasteiger partial charge on any atom is -0.496 e. The molecule has 0 spiro atoms. The number of fused-ring (bicyclic) bond motifs is 5. The smallest absolute Gasteiger partial charge is 0.410 e. The predicted octanol–water partition coefficient (Wildman–Crippen LogP) is 4.97. The van der Waals surface area contributed by atoms with Crippen LogP contribution in [0, 0.1) is 11.6 Å². The van der Waals surface area contributed by atoms with Gasteiger partial charge in [0.05, 0.1) is 38.0 Å². The quantitative estimate of drug-likeness (QED) is 0.540. The lowest BCUT2D eigenvalue weighted by Crippen LogP contribution is -2.62. The van der Waals surface area contributed by atoms with Gasteiger partial charge in [0.1, 0.15) is 12.4 Å². The highest BCUT2D eigenvalue weighted by atomic mass is 19.2. The molecule has 37 heavy (non-hydrogen) atoms. The molecule has 2 unspecified atom stereocenters. The average molecular weight is 508 g/mol. The molecule has 3 aliphatic rings. The Bertz CT molecular complexity index is 1300. The molecule has 3 aromatic carbocycles. The first kappa shape index (κ1) is 23.9. The molecule has 6 rings (SSSR count). The maximum atomic E-state index is 14.1. The van der Waals surface area contributed by atoms with Crippen molar-refractivity contribution in [3.8, 4) is 16.9 Å². The van der Waals surface area contributed by atoms with Crippen molar-refractivity contribution >= 4 is 6.09 Å². The van der Waals surface area contributed by atoms with Gasteiger partial charge in [0, 0.05) is 30.4 Å². The predicted molar refractivity (Wildman–Crippen MR) is 131 cm³/mol. The standard InChI is InChI=1S/C29H27F2NO5/c1-35-27-11-26(31)25(30)10-24(27)29(34)12-17-14-36-15-18(13-29)32(17)28(33)37-16-23-21-8-4-2-6-19(21)20-7-3-5-9-22(20)23/h2-11,17-18,23,34H,12-16H2,1H3. The number of ether oxygens (including phenoxy) is 3. The average Bonchev–Trinajstić information content (AvgIpc) is 3.21. The molecule has 1 amide bonds. The molecule has 2 aliphatic heterocycles. The molecule has 2 bridgehead atoms. The van der Waals surface area contributed by atoms with Gasteiger partial charge < -0.3 is 19.3 Å². The lowest BCUT2D eigenvalue weighted by molar-refractivity contribution is -0.137. The third kappa shape index (κ3) is 3.95. The fraction of sp³-hybridized carbons (Fsp3) is 0.345. The first-order chi connectivity index (χ1) is 17.9. The number of carbonyl (C=O) groups is 1. The lowest BCUT2D eigenvalue weighted by Gasteiger charge is -2.51. The van der Waals surface area contributed by atoms with Crippen LogP contribution in [-0.4, -0.2) is 55.1 Å². The molecule has 2 heterocycles. The Morgan fingerprint density at radius 3 is 2.16 bits per heavy atom. The maximum Gasteiger partial charge on any atom is 0.410 e. The van der Waals surface area contributed by atoms with Crippen LogP contribution in [0.5, 0.6) is 5.75 Å². The minimum absolute atomic E-state index is 0.0648. The van der Waals surface area contributed by atoms with Crippen LogP contribution in [-0.2, 0) is 15.1 Å². The van der Waals surface area contributed by atoms with E-state index in [0.29, 0.717) is 0 Å². The molecular weight excluding hydrogens is 480 g/mol. The van der Waals surface area contributed by atoms with Crippen molar-refractivity contribution in [3.63, 3.8) is 0 Å². The van der Waals surface area contributed by atoms with Crippen molar-refractivity contribution in [1.82, 2.24) is 4.90 Å². The second-order valence-corrected chi connectivity index (χ2v) is 9.96. The highest BCUT2D eigenvalue weighted by Crippen LogP contribution is 2.46. The van der Waals surface area contributed by atoms with Gasteiger partial charge in [-0.15, -0.1) is 0 Å². The third-order valence-corrected chi connectivity index (χ3v) is 7.84. The Labute approximate surface area is 213 Å². The summed E-state index contributed by atoms with van der Waals surface area (Å²) in [6, 6.07) is 17.2. The van der Waals surface area contributed by atoms with Crippen LogP contribution >= 0.6 is 0 Å². The van der Waals surface area contributed by atoms with Crippen LogP contribution < -0.4 is 4.74 Å². The number of amides is 1. The summed E-state index contributed by atoms with van der Waals surface area (Å²) in [6.45, 7) is 0.592. The molecule has 2 atom stereocenters. The second kappa shape index (κ2) is 9.11. The van der Waals surface area contributed by atoms with Gasteiger partial charge >= 0.3 is 6.09 Å². The summed E-state index contributed by atoms with van der Waals surface area (Å²) in [5.74, 6) is -2.12. The number of rotatable bonds is 4. The molecule has 8 heteroatoms. The van der Waals surface area contributed by atoms with Crippen LogP contribution in [0.1, 0.15) is 35.4 Å². The number of carbonyl (C=O) groups excluding carboxylic acids is 1. The molecular formula is C29H27F2NO5. The molecule has 1 N–H and O–H groups in total. The van der Waals surface area contributed by atoms with Gasteiger partial charge in [-0.3, -0.25) is 4.90 Å². The molecule has 0 radical (unpaired) electrons. The topological polar surface area (TPSA) is 68.2 Å². The number of nitrogens with zero attached hydrogens (tertiary/aromatic N) is 1. The lowest BCUT2D eigenvalue weighted by atomic mass is 9.76. The zero-order valence-electron chi connectivity index (χ0n) is 20.3. The summed E-state index contributed by atoms with van der Waals surface area (Å²) in [4.78, 5) is 15.0. The molecule has 0 aromatic heterocycles. The van der Waals surface area contributed by atoms with Gasteiger partial charge in [-0.05, 0) is 28.3 Å². The Morgan fingerprint density at radius 2 is 1.57 bits per heavy atom. The van der Waals surface area contributed by atoms with Gasteiger partial charge in [-0.25, -0.2) is 13.6 Å². The SMILES string of the molecule is COc1cc(F)c(F)cc1C1(O)CC2COCC(C1)N2C(=O)OCC1c2ccccc2-c2ccccc21. The van der Waals surface area contributed by atoms with E-state index in [9.17, 15) is 18.7 Å². The summed E-state index contributed by atoms with van der Waals surface area (Å²) in [5.41, 5.74) is 3.19. The van der Waals surface area contributed by atoms with E-state index < -0.39 is 35.4 Å². The number of methoxy groups -OCH3 is 1. The van der Waals surface area contributed by atoms with Crippen molar-refractivity contribution in [2.75, 3.05) is 26.9 Å². The monoisotopic (exact) mass is 507 g/mol. The number of hydrogen-bond donors (Lipinski definition) is 1. The van der Waals surface area contributed by atoms with E-state index in [4.69, 9.17) is 14.2 Å². The third-order valence-electron chi connectivity index (χ3n) is 7.84. The van der Waals surface area contributed by atoms with Crippen LogP contribution in [0.15, 0.2) is 60.7 Å². The first-order valence-corrected chi connectivity index (χ1v) is 12.4. The van der Waals surface area contributed by atoms with Crippen LogP contribution in [0.2, 0.25) is 0 Å². The highest BCUT2D eigenvalue weighted by molar-refractivity contribution is 5.79. The molecule has 2 fully saturated rings. The molecule has 192 valence electrons. The Balaban J connectivity index is 1.22. The summed E-state index contributed by atoms with van der Waals surface area (Å²) >= 11 is 0. The molecule has 3 aromatic rings. The van der Waals surface area contributed by atoms with E-state index >= 15 is 0 Å². The summed E-state index contributed by atoms with van der Waals surface area (Å²) in [6.07, 6.45) is -0.316. The van der Waals surface area contributed by atoms with Crippen molar-refractivity contribution in [2.45, 2.75) is 36.4 Å². The van der Waals surface area contributed by atoms with Gasteiger partial charge in [-0.2, -0.15) is 0 Å². The van der Waals surface area contributed by atoms with Gasteiger partial charge in [-0.1, -0.05) is 48.5 Å². The largest absolute Gasteiger partial charge is 0.496 e. The zero-order chi connectivity index (χ0) is 25.7. The highest BCUT2D eigenvalue weighted by Gasteiger charge is 2.50. The first-order valence-electron chi connectivity index (χ1n) is 12.4. The summed E-state index contributed by atoms with van der Waals surface area (Å²) in [5, 5.41) is 11.6. The van der Waals surface area contributed by atoms with Gasteiger partial charge in [0.25, 0.3) is 0 Å². The van der Waals surface area contributed by atoms with E-state index in [1.807, 2.05) is 24.3 Å². The number of halogens is 2. The molecule has 6 nitrogen and oxygen atoms in total. The second-order valence-electron chi connectivity index (χ2n) is 9.96. The fourth-order valence-electron chi connectivity index (χ4n) is 6.22. The van der Waals surface area contributed by atoms with E-state index in [1.54, 1.807) is 4.90 Å². The summed E-state index contributed by atoms with van der Waals surface area (Å²) in [7, 11) is 1.34. The Kier molecular flexibility index (Phi) is 5.88. The van der Waals surface area contributed by atoms with E-state index in [1.165, 1.54) is 7.11 Å². The number of morpholine rings is 1. The Morgan fingerprint density at radius 1 is 1.00 bits per heavy atom. The van der Waals surface area contributed by atoms with E-state index in [2.05, 4.69) is 24.3 Å². The number of hydrogen-bond acceptors (Lipinski definition) is 5. The van der Waals surface area contributed by atoms with Crippen LogP contribution in [0.25, 0.3) is 11.1 Å². The number of aliphatic hydroxyl groups is 1. The number of piperidine rings is 1. The van der Waals surface area contributed by atoms with E-state index in [-0.39, 0.29) is 49.9 Å². The maximum absolute atomic E-state index is 14.1. The van der Waals surface area contributed by atoms with Gasteiger partial charge in [0.15, 0.2) is 11.6 Å². The van der Waals surface area contributed by atoms with Crippen molar-refractivity contribution in [2.24, 2.45) is 0 Å². The zero-order valence-corrected chi connectivity index (χ0v) is 20.3. The normalized spacial score (nSPS) is 24.4. The number of benzene rings is 3. The van der Waals surface area contributed by atoms with Crippen LogP contribution in [0.3, 0.4) is 0 Å². The summed E-state index contributed by atoms with van der Waals surface area (Å²) < 4.78 is 44.8. The van der Waals surface area contributed by atoms with E-state index in [0.717, 1.165) is 34.4 Å². The Hall–Kier alpha value is -3.49. The van der Waals surface area contributed by atoms with Crippen molar-refractivity contribution in [1.29, 1.82) is 0 Å². The van der Waals surface area contributed by atoms with Crippen molar-refractivity contribution < 1.29 is 32.9 Å². The van der Waals surface area contributed by atoms with Crippen LogP contribution in [0.4, 0.5) is 13.6 Å². The molecule has 1 aliphatic carbocycles.